The molecular weight excluding hydrogens is 377 g/mol. The third-order valence-electron chi connectivity index (χ3n) is 3.46. The van der Waals surface area contributed by atoms with E-state index in [0.29, 0.717) is 11.0 Å². The van der Waals surface area contributed by atoms with Gasteiger partial charge in [0.2, 0.25) is 0 Å². The molecule has 0 fully saturated rings. The molecule has 2 aromatic rings. The number of halogens is 2. The summed E-state index contributed by atoms with van der Waals surface area (Å²) in [5.74, 6) is -1.57. The minimum atomic E-state index is -0.757. The molecule has 4 nitrogen and oxygen atoms in total. The molecule has 1 N–H and O–H groups in total. The van der Waals surface area contributed by atoms with Gasteiger partial charge in [0.1, 0.15) is 5.82 Å². The summed E-state index contributed by atoms with van der Waals surface area (Å²) >= 11 is 3.15. The number of esters is 1. The van der Waals surface area contributed by atoms with Crippen molar-refractivity contribution in [2.45, 2.75) is 12.8 Å². The molecule has 0 radical (unpaired) electrons. The van der Waals surface area contributed by atoms with Crippen molar-refractivity contribution in [3.05, 3.63) is 69.9 Å². The summed E-state index contributed by atoms with van der Waals surface area (Å²) in [6.45, 7) is 2.01. The third-order valence-corrected chi connectivity index (χ3v) is 4.15. The van der Waals surface area contributed by atoms with Gasteiger partial charge in [0.25, 0.3) is 5.91 Å². The second-order valence-corrected chi connectivity index (χ2v) is 6.17. The molecule has 0 heterocycles. The van der Waals surface area contributed by atoms with Gasteiger partial charge in [-0.05, 0) is 45.6 Å². The molecule has 0 aliphatic heterocycles. The van der Waals surface area contributed by atoms with Crippen LogP contribution in [-0.4, -0.2) is 25.0 Å². The maximum atomic E-state index is 13.2. The van der Waals surface area contributed by atoms with Crippen LogP contribution in [0.1, 0.15) is 28.8 Å². The molecule has 0 saturated carbocycles. The standard InChI is InChI=1S/C18H17BrFNO3/c1-12(13-5-3-2-4-6-13)10-21-17(22)11-24-18(23)15-9-14(20)7-8-16(15)19/h2-9,12H,10-11H2,1H3,(H,21,22)/t12-/m1/s1. The number of hydrogen-bond acceptors (Lipinski definition) is 3. The van der Waals surface area contributed by atoms with Crippen LogP contribution in [0.4, 0.5) is 4.39 Å². The molecule has 0 aromatic heterocycles. The Morgan fingerprint density at radius 2 is 1.92 bits per heavy atom. The van der Waals surface area contributed by atoms with Gasteiger partial charge < -0.3 is 10.1 Å². The van der Waals surface area contributed by atoms with E-state index >= 15 is 0 Å². The van der Waals surface area contributed by atoms with Crippen molar-refractivity contribution in [3.8, 4) is 0 Å². The minimum absolute atomic E-state index is 0.0421. The number of ether oxygens (including phenoxy) is 1. The second kappa shape index (κ2) is 8.59. The van der Waals surface area contributed by atoms with Crippen molar-refractivity contribution in [1.82, 2.24) is 5.32 Å². The van der Waals surface area contributed by atoms with Crippen molar-refractivity contribution >= 4 is 27.8 Å². The molecule has 126 valence electrons. The molecule has 2 rings (SSSR count). The third kappa shape index (κ3) is 5.16. The molecule has 6 heteroatoms. The largest absolute Gasteiger partial charge is 0.452 e. The van der Waals surface area contributed by atoms with Crippen LogP contribution in [0.25, 0.3) is 0 Å². The monoisotopic (exact) mass is 393 g/mol. The highest BCUT2D eigenvalue weighted by Gasteiger charge is 2.15. The average Bonchev–Trinajstić information content (AvgIpc) is 2.60. The quantitative estimate of drug-likeness (QED) is 0.761. The molecule has 0 bridgehead atoms. The van der Waals surface area contributed by atoms with Crippen molar-refractivity contribution < 1.29 is 18.7 Å². The fraction of sp³-hybridized carbons (Fsp3) is 0.222. The first kappa shape index (κ1) is 18.1. The Hall–Kier alpha value is -2.21. The first-order valence-electron chi connectivity index (χ1n) is 7.41. The summed E-state index contributed by atoms with van der Waals surface area (Å²) in [6, 6.07) is 13.5. The summed E-state index contributed by atoms with van der Waals surface area (Å²) < 4.78 is 18.5. The van der Waals surface area contributed by atoms with E-state index in [1.807, 2.05) is 37.3 Å². The summed E-state index contributed by atoms with van der Waals surface area (Å²) in [4.78, 5) is 23.7. The highest BCUT2D eigenvalue weighted by Crippen LogP contribution is 2.18. The number of rotatable bonds is 6. The Morgan fingerprint density at radius 1 is 1.21 bits per heavy atom. The van der Waals surface area contributed by atoms with Crippen LogP contribution >= 0.6 is 15.9 Å². The van der Waals surface area contributed by atoms with Gasteiger partial charge in [0.05, 0.1) is 5.56 Å². The Labute approximate surface area is 148 Å². The lowest BCUT2D eigenvalue weighted by Gasteiger charge is -2.13. The van der Waals surface area contributed by atoms with Crippen LogP contribution in [0, 0.1) is 5.82 Å². The zero-order valence-corrected chi connectivity index (χ0v) is 14.7. The predicted octanol–water partition coefficient (Wildman–Crippen LogP) is 3.66. The molecular formula is C18H17BrFNO3. The lowest BCUT2D eigenvalue weighted by molar-refractivity contribution is -0.124. The van der Waals surface area contributed by atoms with Crippen LogP contribution in [-0.2, 0) is 9.53 Å². The van der Waals surface area contributed by atoms with Gasteiger partial charge in [0, 0.05) is 11.0 Å². The Kier molecular flexibility index (Phi) is 6.49. The lowest BCUT2D eigenvalue weighted by Crippen LogP contribution is -2.31. The van der Waals surface area contributed by atoms with E-state index in [1.54, 1.807) is 0 Å². The first-order valence-corrected chi connectivity index (χ1v) is 8.20. The van der Waals surface area contributed by atoms with Gasteiger partial charge in [-0.15, -0.1) is 0 Å². The Balaban J connectivity index is 1.81. The average molecular weight is 394 g/mol. The van der Waals surface area contributed by atoms with Gasteiger partial charge in [-0.25, -0.2) is 9.18 Å². The molecule has 24 heavy (non-hydrogen) atoms. The fourth-order valence-corrected chi connectivity index (χ4v) is 2.49. The first-order chi connectivity index (χ1) is 11.5. The normalized spacial score (nSPS) is 11.6. The van der Waals surface area contributed by atoms with E-state index in [1.165, 1.54) is 12.1 Å². The topological polar surface area (TPSA) is 55.4 Å². The predicted molar refractivity (Wildman–Crippen MR) is 92.2 cm³/mol. The Morgan fingerprint density at radius 3 is 2.62 bits per heavy atom. The SMILES string of the molecule is C[C@H](CNC(=O)COC(=O)c1cc(F)ccc1Br)c1ccccc1. The maximum absolute atomic E-state index is 13.2. The number of hydrogen-bond donors (Lipinski definition) is 1. The van der Waals surface area contributed by atoms with Crippen LogP contribution in [0.5, 0.6) is 0 Å². The van der Waals surface area contributed by atoms with Crippen molar-refractivity contribution in [2.24, 2.45) is 0 Å². The van der Waals surface area contributed by atoms with Gasteiger partial charge >= 0.3 is 5.97 Å². The molecule has 1 atom stereocenters. The van der Waals surface area contributed by atoms with Crippen molar-refractivity contribution in [2.75, 3.05) is 13.2 Å². The van der Waals surface area contributed by atoms with E-state index < -0.39 is 24.3 Å². The van der Waals surface area contributed by atoms with E-state index in [4.69, 9.17) is 4.74 Å². The van der Waals surface area contributed by atoms with E-state index in [-0.39, 0.29) is 11.5 Å². The molecule has 0 aliphatic rings. The van der Waals surface area contributed by atoms with Crippen molar-refractivity contribution in [3.63, 3.8) is 0 Å². The number of amides is 1. The summed E-state index contributed by atoms with van der Waals surface area (Å²) in [5, 5.41) is 2.71. The zero-order chi connectivity index (χ0) is 17.5. The van der Waals surface area contributed by atoms with Crippen LogP contribution in [0.3, 0.4) is 0 Å². The van der Waals surface area contributed by atoms with E-state index in [0.717, 1.165) is 11.6 Å². The van der Waals surface area contributed by atoms with Crippen LogP contribution in [0.15, 0.2) is 53.0 Å². The number of carbonyl (C=O) groups excluding carboxylic acids is 2. The fourth-order valence-electron chi connectivity index (χ4n) is 2.08. The van der Waals surface area contributed by atoms with Crippen LogP contribution in [0.2, 0.25) is 0 Å². The highest BCUT2D eigenvalue weighted by atomic mass is 79.9. The van der Waals surface area contributed by atoms with Gasteiger partial charge in [-0.3, -0.25) is 4.79 Å². The zero-order valence-electron chi connectivity index (χ0n) is 13.1. The van der Waals surface area contributed by atoms with E-state index in [9.17, 15) is 14.0 Å². The molecule has 0 spiro atoms. The van der Waals surface area contributed by atoms with Crippen LogP contribution < -0.4 is 5.32 Å². The molecule has 0 aliphatic carbocycles. The summed E-state index contributed by atoms with van der Waals surface area (Å²) in [5.41, 5.74) is 1.15. The number of benzene rings is 2. The van der Waals surface area contributed by atoms with Gasteiger partial charge in [-0.2, -0.15) is 0 Å². The maximum Gasteiger partial charge on any atom is 0.339 e. The van der Waals surface area contributed by atoms with Gasteiger partial charge in [-0.1, -0.05) is 37.3 Å². The van der Waals surface area contributed by atoms with Crippen molar-refractivity contribution in [1.29, 1.82) is 0 Å². The second-order valence-electron chi connectivity index (χ2n) is 5.32. The molecule has 1 amide bonds. The Bertz CT molecular complexity index is 721. The van der Waals surface area contributed by atoms with Gasteiger partial charge in [0.15, 0.2) is 6.61 Å². The minimum Gasteiger partial charge on any atom is -0.452 e. The highest BCUT2D eigenvalue weighted by molar-refractivity contribution is 9.10. The smallest absolute Gasteiger partial charge is 0.339 e. The summed E-state index contributed by atoms with van der Waals surface area (Å²) in [6.07, 6.45) is 0. The molecule has 0 unspecified atom stereocenters. The molecule has 2 aromatic carbocycles. The lowest BCUT2D eigenvalue weighted by atomic mass is 10.0. The van der Waals surface area contributed by atoms with E-state index in [2.05, 4.69) is 21.2 Å². The number of nitrogens with one attached hydrogen (secondary N) is 1. The summed E-state index contributed by atoms with van der Waals surface area (Å²) in [7, 11) is 0. The molecule has 0 saturated heterocycles. The number of carbonyl (C=O) groups is 2.